The molecule has 0 radical (unpaired) electrons. The molecule has 0 fully saturated rings. The van der Waals surface area contributed by atoms with Crippen LogP contribution in [0.3, 0.4) is 0 Å². The summed E-state index contributed by atoms with van der Waals surface area (Å²) in [5.41, 5.74) is 0. The van der Waals surface area contributed by atoms with Gasteiger partial charge >= 0.3 is 0 Å². The fourth-order valence-corrected chi connectivity index (χ4v) is 1.97. The van der Waals surface area contributed by atoms with Crippen LogP contribution in [0.1, 0.15) is 13.8 Å². The first kappa shape index (κ1) is 10.6. The molecule has 72 valence electrons. The molecule has 1 nitrogen and oxygen atoms in total. The minimum Gasteiger partial charge on any atom is -0.393 e. The zero-order valence-electron chi connectivity index (χ0n) is 8.10. The van der Waals surface area contributed by atoms with Crippen molar-refractivity contribution < 1.29 is 5.11 Å². The molecule has 1 aromatic carbocycles. The van der Waals surface area contributed by atoms with Gasteiger partial charge in [-0.25, -0.2) is 0 Å². The molecule has 0 spiro atoms. The van der Waals surface area contributed by atoms with Gasteiger partial charge in [0.1, 0.15) is 0 Å². The second-order valence-corrected chi connectivity index (χ2v) is 4.44. The number of benzene rings is 1. The van der Waals surface area contributed by atoms with Crippen molar-refractivity contribution in [1.82, 2.24) is 0 Å². The molecule has 2 atom stereocenters. The monoisotopic (exact) mass is 196 g/mol. The van der Waals surface area contributed by atoms with E-state index >= 15 is 0 Å². The molecule has 0 unspecified atom stereocenters. The van der Waals surface area contributed by atoms with Gasteiger partial charge in [-0.3, -0.25) is 0 Å². The van der Waals surface area contributed by atoms with Gasteiger partial charge in [0.2, 0.25) is 0 Å². The van der Waals surface area contributed by atoms with E-state index in [2.05, 4.69) is 19.1 Å². The summed E-state index contributed by atoms with van der Waals surface area (Å²) in [5, 5.41) is 9.29. The fourth-order valence-electron chi connectivity index (χ4n) is 0.884. The molecule has 13 heavy (non-hydrogen) atoms. The summed E-state index contributed by atoms with van der Waals surface area (Å²) >= 11 is 1.80. The lowest BCUT2D eigenvalue weighted by atomic mass is 10.1. The average Bonchev–Trinajstić information content (AvgIpc) is 2.15. The van der Waals surface area contributed by atoms with Crippen LogP contribution in [0.5, 0.6) is 0 Å². The maximum atomic E-state index is 9.29. The molecule has 1 aromatic rings. The Labute approximate surface area is 84.2 Å². The van der Waals surface area contributed by atoms with E-state index in [-0.39, 0.29) is 6.10 Å². The van der Waals surface area contributed by atoms with Crippen molar-refractivity contribution in [2.75, 3.05) is 5.75 Å². The van der Waals surface area contributed by atoms with E-state index in [0.29, 0.717) is 5.92 Å². The summed E-state index contributed by atoms with van der Waals surface area (Å²) in [6.07, 6.45) is -0.212. The van der Waals surface area contributed by atoms with E-state index < -0.39 is 0 Å². The molecule has 0 aliphatic rings. The normalized spacial score (nSPS) is 15.3. The first-order valence-electron chi connectivity index (χ1n) is 4.56. The Bertz CT molecular complexity index is 233. The molecule has 0 aliphatic heterocycles. The second kappa shape index (κ2) is 5.30. The van der Waals surface area contributed by atoms with Crippen LogP contribution in [-0.2, 0) is 0 Å². The summed E-state index contributed by atoms with van der Waals surface area (Å²) in [4.78, 5) is 1.27. The molecule has 0 saturated carbocycles. The topological polar surface area (TPSA) is 20.2 Å². The first-order chi connectivity index (χ1) is 6.20. The minimum absolute atomic E-state index is 0.212. The molecule has 0 aliphatic carbocycles. The third-order valence-electron chi connectivity index (χ3n) is 2.08. The van der Waals surface area contributed by atoms with Crippen LogP contribution in [0, 0.1) is 5.92 Å². The highest BCUT2D eigenvalue weighted by atomic mass is 32.2. The Balaban J connectivity index is 2.35. The van der Waals surface area contributed by atoms with Crippen molar-refractivity contribution in [1.29, 1.82) is 0 Å². The summed E-state index contributed by atoms with van der Waals surface area (Å²) in [6, 6.07) is 10.3. The van der Waals surface area contributed by atoms with Crippen LogP contribution in [0.4, 0.5) is 0 Å². The molecule has 0 aromatic heterocycles. The number of rotatable bonds is 4. The highest BCUT2D eigenvalue weighted by Gasteiger charge is 2.08. The van der Waals surface area contributed by atoms with E-state index in [4.69, 9.17) is 0 Å². The summed E-state index contributed by atoms with van der Waals surface area (Å²) < 4.78 is 0. The van der Waals surface area contributed by atoms with Gasteiger partial charge in [0.25, 0.3) is 0 Å². The number of thioether (sulfide) groups is 1. The standard InChI is InChI=1S/C11H16OS/c1-9(10(2)12)8-13-11-6-4-3-5-7-11/h3-7,9-10,12H,8H2,1-2H3/t9-,10+/m1/s1. The largest absolute Gasteiger partial charge is 0.393 e. The quantitative estimate of drug-likeness (QED) is 0.747. The van der Waals surface area contributed by atoms with Crippen LogP contribution in [0.15, 0.2) is 35.2 Å². The van der Waals surface area contributed by atoms with Crippen LogP contribution < -0.4 is 0 Å². The first-order valence-corrected chi connectivity index (χ1v) is 5.54. The maximum absolute atomic E-state index is 9.29. The van der Waals surface area contributed by atoms with Gasteiger partial charge in [0.15, 0.2) is 0 Å². The van der Waals surface area contributed by atoms with Gasteiger partial charge in [0.05, 0.1) is 6.10 Å². The van der Waals surface area contributed by atoms with Crippen LogP contribution in [0.25, 0.3) is 0 Å². The van der Waals surface area contributed by atoms with Gasteiger partial charge in [-0.1, -0.05) is 25.1 Å². The van der Waals surface area contributed by atoms with E-state index in [1.54, 1.807) is 11.8 Å². The summed E-state index contributed by atoms with van der Waals surface area (Å²) in [6.45, 7) is 3.91. The number of aliphatic hydroxyl groups is 1. The van der Waals surface area contributed by atoms with Crippen molar-refractivity contribution in [3.63, 3.8) is 0 Å². The van der Waals surface area contributed by atoms with Gasteiger partial charge in [0, 0.05) is 10.6 Å². The third kappa shape index (κ3) is 3.83. The SMILES string of the molecule is C[C@H](O)[C@H](C)CSc1ccccc1. The van der Waals surface area contributed by atoms with Gasteiger partial charge in [-0.2, -0.15) is 0 Å². The Morgan fingerprint density at radius 2 is 1.85 bits per heavy atom. The van der Waals surface area contributed by atoms with Crippen molar-refractivity contribution in [3.8, 4) is 0 Å². The summed E-state index contributed by atoms with van der Waals surface area (Å²) in [7, 11) is 0. The van der Waals surface area contributed by atoms with Crippen molar-refractivity contribution in [2.45, 2.75) is 24.8 Å². The molecule has 0 bridgehead atoms. The highest BCUT2D eigenvalue weighted by molar-refractivity contribution is 7.99. The maximum Gasteiger partial charge on any atom is 0.0545 e. The van der Waals surface area contributed by atoms with Crippen LogP contribution in [-0.4, -0.2) is 17.0 Å². The van der Waals surface area contributed by atoms with Crippen LogP contribution in [0.2, 0.25) is 0 Å². The third-order valence-corrected chi connectivity index (χ3v) is 3.38. The molecular weight excluding hydrogens is 180 g/mol. The predicted octanol–water partition coefficient (Wildman–Crippen LogP) is 2.80. The number of aliphatic hydroxyl groups excluding tert-OH is 1. The van der Waals surface area contributed by atoms with E-state index in [0.717, 1.165) is 5.75 Å². The Morgan fingerprint density at radius 3 is 2.38 bits per heavy atom. The van der Waals surface area contributed by atoms with Crippen molar-refractivity contribution in [2.24, 2.45) is 5.92 Å². The molecule has 2 heteroatoms. The van der Waals surface area contributed by atoms with Crippen molar-refractivity contribution in [3.05, 3.63) is 30.3 Å². The zero-order valence-corrected chi connectivity index (χ0v) is 8.92. The lowest BCUT2D eigenvalue weighted by molar-refractivity contribution is 0.147. The number of hydrogen-bond acceptors (Lipinski definition) is 2. The van der Waals surface area contributed by atoms with Gasteiger partial charge in [-0.15, -0.1) is 11.8 Å². The number of hydrogen-bond donors (Lipinski definition) is 1. The minimum atomic E-state index is -0.212. The Morgan fingerprint density at radius 1 is 1.23 bits per heavy atom. The Hall–Kier alpha value is -0.470. The summed E-state index contributed by atoms with van der Waals surface area (Å²) in [5.74, 6) is 1.33. The van der Waals surface area contributed by atoms with E-state index in [9.17, 15) is 5.11 Å². The predicted molar refractivity (Wildman–Crippen MR) is 58.0 cm³/mol. The van der Waals surface area contributed by atoms with E-state index in [1.807, 2.05) is 25.1 Å². The second-order valence-electron chi connectivity index (χ2n) is 3.34. The molecule has 0 heterocycles. The zero-order chi connectivity index (χ0) is 9.68. The van der Waals surface area contributed by atoms with Gasteiger partial charge < -0.3 is 5.11 Å². The highest BCUT2D eigenvalue weighted by Crippen LogP contribution is 2.21. The fraction of sp³-hybridized carbons (Fsp3) is 0.455. The molecule has 1 N–H and O–H groups in total. The molecular formula is C11H16OS. The molecule has 0 saturated heterocycles. The van der Waals surface area contributed by atoms with Crippen molar-refractivity contribution >= 4 is 11.8 Å². The molecule has 0 amide bonds. The molecule has 1 rings (SSSR count). The van der Waals surface area contributed by atoms with Gasteiger partial charge in [-0.05, 0) is 25.0 Å². The van der Waals surface area contributed by atoms with Crippen LogP contribution >= 0.6 is 11.8 Å². The average molecular weight is 196 g/mol. The lowest BCUT2D eigenvalue weighted by Crippen LogP contribution is -2.14. The lowest BCUT2D eigenvalue weighted by Gasteiger charge is -2.13. The van der Waals surface area contributed by atoms with E-state index in [1.165, 1.54) is 4.90 Å². The smallest absolute Gasteiger partial charge is 0.0545 e. The Kier molecular flexibility index (Phi) is 4.33.